The number of esters is 2. The molecule has 31 heavy (non-hydrogen) atoms. The van der Waals surface area contributed by atoms with E-state index >= 15 is 0 Å². The van der Waals surface area contributed by atoms with Gasteiger partial charge >= 0.3 is 18.0 Å². The Kier molecular flexibility index (Phi) is 6.71. The van der Waals surface area contributed by atoms with Gasteiger partial charge in [0.2, 0.25) is 0 Å². The zero-order valence-electron chi connectivity index (χ0n) is 16.9. The van der Waals surface area contributed by atoms with Gasteiger partial charge in [-0.15, -0.1) is 0 Å². The van der Waals surface area contributed by atoms with Crippen molar-refractivity contribution in [1.29, 1.82) is 0 Å². The van der Waals surface area contributed by atoms with Crippen LogP contribution in [-0.4, -0.2) is 43.1 Å². The second-order valence-electron chi connectivity index (χ2n) is 6.49. The van der Waals surface area contributed by atoms with Crippen LogP contribution in [-0.2, 0) is 14.3 Å². The Labute approximate surface area is 177 Å². The lowest BCUT2D eigenvalue weighted by Crippen LogP contribution is -2.50. The number of carbonyl (C=O) groups excluding carboxylic acids is 4. The van der Waals surface area contributed by atoms with Gasteiger partial charge in [-0.05, 0) is 38.1 Å². The lowest BCUT2D eigenvalue weighted by Gasteiger charge is -2.26. The number of nitrogens with one attached hydrogen (secondary N) is 3. The van der Waals surface area contributed by atoms with E-state index in [9.17, 15) is 19.2 Å². The SMILES string of the molecule is CCOC(=O)C1=C(COC(=O)c2ccccc2NC(=O)c2ccco2)NC(=O)NC1C. The number of ether oxygens (including phenoxy) is 2. The van der Waals surface area contributed by atoms with E-state index in [1.807, 2.05) is 0 Å². The molecule has 0 fully saturated rings. The maximum Gasteiger partial charge on any atom is 0.340 e. The van der Waals surface area contributed by atoms with Crippen LogP contribution >= 0.6 is 0 Å². The summed E-state index contributed by atoms with van der Waals surface area (Å²) in [5.74, 6) is -1.83. The molecule has 1 aliphatic rings. The predicted molar refractivity (Wildman–Crippen MR) is 108 cm³/mol. The molecule has 2 heterocycles. The number of amides is 3. The Hall–Kier alpha value is -4.08. The van der Waals surface area contributed by atoms with Crippen LogP contribution in [0.3, 0.4) is 0 Å². The van der Waals surface area contributed by atoms with Crippen molar-refractivity contribution < 1.29 is 33.1 Å². The molecule has 1 aromatic carbocycles. The summed E-state index contributed by atoms with van der Waals surface area (Å²) in [4.78, 5) is 49.0. The van der Waals surface area contributed by atoms with Gasteiger partial charge in [0, 0.05) is 0 Å². The molecule has 1 unspecified atom stereocenters. The molecule has 3 amide bonds. The maximum absolute atomic E-state index is 12.7. The number of rotatable bonds is 7. The molecular formula is C21H21N3O7. The second-order valence-corrected chi connectivity index (χ2v) is 6.49. The van der Waals surface area contributed by atoms with E-state index in [4.69, 9.17) is 13.9 Å². The van der Waals surface area contributed by atoms with E-state index in [0.717, 1.165) is 0 Å². The van der Waals surface area contributed by atoms with Gasteiger partial charge in [0.15, 0.2) is 5.76 Å². The van der Waals surface area contributed by atoms with E-state index in [2.05, 4.69) is 16.0 Å². The second kappa shape index (κ2) is 9.61. The summed E-state index contributed by atoms with van der Waals surface area (Å²) >= 11 is 0. The molecule has 10 nitrogen and oxygen atoms in total. The van der Waals surface area contributed by atoms with E-state index in [-0.39, 0.29) is 41.5 Å². The highest BCUT2D eigenvalue weighted by Gasteiger charge is 2.30. The molecule has 1 aromatic heterocycles. The Bertz CT molecular complexity index is 1030. The highest BCUT2D eigenvalue weighted by molar-refractivity contribution is 6.06. The van der Waals surface area contributed by atoms with Crippen molar-refractivity contribution in [2.24, 2.45) is 0 Å². The molecule has 0 radical (unpaired) electrons. The van der Waals surface area contributed by atoms with Crippen molar-refractivity contribution in [2.75, 3.05) is 18.5 Å². The zero-order chi connectivity index (χ0) is 22.4. The highest BCUT2D eigenvalue weighted by Crippen LogP contribution is 2.19. The van der Waals surface area contributed by atoms with E-state index < -0.39 is 29.9 Å². The molecule has 1 atom stereocenters. The van der Waals surface area contributed by atoms with E-state index in [1.54, 1.807) is 32.0 Å². The van der Waals surface area contributed by atoms with Gasteiger partial charge in [0.05, 0.1) is 41.4 Å². The molecular weight excluding hydrogens is 406 g/mol. The third-order valence-electron chi connectivity index (χ3n) is 4.35. The Balaban J connectivity index is 1.77. The Morgan fingerprint density at radius 3 is 2.58 bits per heavy atom. The fourth-order valence-electron chi connectivity index (χ4n) is 2.97. The fraction of sp³-hybridized carbons (Fsp3) is 0.238. The minimum atomic E-state index is -0.758. The smallest absolute Gasteiger partial charge is 0.340 e. The first-order valence-electron chi connectivity index (χ1n) is 9.49. The molecule has 0 saturated heterocycles. The maximum atomic E-state index is 12.7. The number of furan rings is 1. The first kappa shape index (κ1) is 21.6. The van der Waals surface area contributed by atoms with Crippen LogP contribution in [0.5, 0.6) is 0 Å². The van der Waals surface area contributed by atoms with Gasteiger partial charge < -0.3 is 29.8 Å². The van der Waals surface area contributed by atoms with Gasteiger partial charge in [0.1, 0.15) is 6.61 Å². The topological polar surface area (TPSA) is 136 Å². The zero-order valence-corrected chi connectivity index (χ0v) is 16.9. The Morgan fingerprint density at radius 2 is 1.87 bits per heavy atom. The molecule has 0 spiro atoms. The van der Waals surface area contributed by atoms with Gasteiger partial charge in [-0.2, -0.15) is 0 Å². The number of hydrogen-bond donors (Lipinski definition) is 3. The summed E-state index contributed by atoms with van der Waals surface area (Å²) in [5.41, 5.74) is 0.596. The normalized spacial score (nSPS) is 15.5. The number of urea groups is 1. The third kappa shape index (κ3) is 5.10. The van der Waals surface area contributed by atoms with E-state index in [1.165, 1.54) is 24.5 Å². The van der Waals surface area contributed by atoms with Crippen LogP contribution in [0.2, 0.25) is 0 Å². The van der Waals surface area contributed by atoms with Gasteiger partial charge in [-0.1, -0.05) is 12.1 Å². The van der Waals surface area contributed by atoms with Crippen LogP contribution in [0.4, 0.5) is 10.5 Å². The lowest BCUT2D eigenvalue weighted by molar-refractivity contribution is -0.139. The van der Waals surface area contributed by atoms with Crippen LogP contribution in [0.15, 0.2) is 58.3 Å². The van der Waals surface area contributed by atoms with Crippen LogP contribution in [0.1, 0.15) is 34.8 Å². The van der Waals surface area contributed by atoms with E-state index in [0.29, 0.717) is 0 Å². The predicted octanol–water partition coefficient (Wildman–Crippen LogP) is 2.21. The van der Waals surface area contributed by atoms with Crippen molar-refractivity contribution in [3.63, 3.8) is 0 Å². The first-order chi connectivity index (χ1) is 14.9. The molecule has 10 heteroatoms. The summed E-state index contributed by atoms with van der Waals surface area (Å²) in [6.07, 6.45) is 1.36. The summed E-state index contributed by atoms with van der Waals surface area (Å²) in [7, 11) is 0. The summed E-state index contributed by atoms with van der Waals surface area (Å²) < 4.78 is 15.4. The molecule has 3 N–H and O–H groups in total. The average Bonchev–Trinajstić information content (AvgIpc) is 3.27. The standard InChI is InChI=1S/C21H21N3O7/c1-3-29-20(27)17-12(2)22-21(28)24-15(17)11-31-19(26)13-7-4-5-8-14(13)23-18(25)16-9-6-10-30-16/h4-10,12H,3,11H2,1-2H3,(H,23,25)(H2,22,24,28). The van der Waals surface area contributed by atoms with Gasteiger partial charge in [0.25, 0.3) is 5.91 Å². The summed E-state index contributed by atoms with van der Waals surface area (Å²) in [6.45, 7) is 3.06. The first-order valence-corrected chi connectivity index (χ1v) is 9.49. The van der Waals surface area contributed by atoms with Crippen molar-refractivity contribution in [2.45, 2.75) is 19.9 Å². The number of hydrogen-bond acceptors (Lipinski definition) is 7. The molecule has 0 saturated carbocycles. The Morgan fingerprint density at radius 1 is 1.10 bits per heavy atom. The van der Waals surface area contributed by atoms with Crippen molar-refractivity contribution >= 4 is 29.6 Å². The molecule has 3 rings (SSSR count). The number of benzene rings is 1. The van der Waals surface area contributed by atoms with Crippen molar-refractivity contribution in [3.05, 3.63) is 65.3 Å². The summed E-state index contributed by atoms with van der Waals surface area (Å²) in [6, 6.07) is 8.17. The quantitative estimate of drug-likeness (QED) is 0.576. The van der Waals surface area contributed by atoms with Gasteiger partial charge in [-0.25, -0.2) is 14.4 Å². The van der Waals surface area contributed by atoms with Crippen LogP contribution in [0, 0.1) is 0 Å². The van der Waals surface area contributed by atoms with Crippen LogP contribution in [0.25, 0.3) is 0 Å². The molecule has 162 valence electrons. The number of carbonyl (C=O) groups is 4. The highest BCUT2D eigenvalue weighted by atomic mass is 16.5. The van der Waals surface area contributed by atoms with Gasteiger partial charge in [-0.3, -0.25) is 4.79 Å². The fourth-order valence-corrected chi connectivity index (χ4v) is 2.97. The van der Waals surface area contributed by atoms with Crippen molar-refractivity contribution in [3.8, 4) is 0 Å². The number of para-hydroxylation sites is 1. The average molecular weight is 427 g/mol. The van der Waals surface area contributed by atoms with Crippen LogP contribution < -0.4 is 16.0 Å². The van der Waals surface area contributed by atoms with Crippen molar-refractivity contribution in [1.82, 2.24) is 10.6 Å². The minimum Gasteiger partial charge on any atom is -0.463 e. The largest absolute Gasteiger partial charge is 0.463 e. The molecule has 0 bridgehead atoms. The molecule has 2 aromatic rings. The number of anilines is 1. The third-order valence-corrected chi connectivity index (χ3v) is 4.35. The summed E-state index contributed by atoms with van der Waals surface area (Å²) in [5, 5.41) is 7.62. The monoisotopic (exact) mass is 427 g/mol. The minimum absolute atomic E-state index is 0.0822. The lowest BCUT2D eigenvalue weighted by atomic mass is 10.0. The molecule has 0 aliphatic carbocycles. The molecule has 1 aliphatic heterocycles.